The topological polar surface area (TPSA) is 58.2 Å². The molecule has 0 saturated heterocycles. The third-order valence-corrected chi connectivity index (χ3v) is 6.20. The van der Waals surface area contributed by atoms with Crippen LogP contribution in [0.25, 0.3) is 0 Å². The zero-order valence-corrected chi connectivity index (χ0v) is 14.1. The normalized spacial score (nSPS) is 33.2. The number of benzene rings is 1. The maximum atomic E-state index is 12.4. The van der Waals surface area contributed by atoms with Crippen molar-refractivity contribution in [2.24, 2.45) is 23.2 Å². The molecule has 0 unspecified atom stereocenters. The number of anilines is 1. The van der Waals surface area contributed by atoms with Crippen LogP contribution in [0.1, 0.15) is 44.9 Å². The zero-order chi connectivity index (χ0) is 16.6. The molecule has 4 bridgehead atoms. The lowest BCUT2D eigenvalue weighted by molar-refractivity contribution is -0.131. The van der Waals surface area contributed by atoms with Crippen molar-refractivity contribution in [1.82, 2.24) is 5.32 Å². The summed E-state index contributed by atoms with van der Waals surface area (Å²) in [6.45, 7) is 0.0556. The molecule has 4 saturated carbocycles. The fraction of sp³-hybridized carbons (Fsp3) is 0.600. The van der Waals surface area contributed by atoms with E-state index in [1.807, 2.05) is 30.3 Å². The average molecular weight is 326 g/mol. The van der Waals surface area contributed by atoms with Crippen LogP contribution in [0.15, 0.2) is 30.3 Å². The lowest BCUT2D eigenvalue weighted by atomic mass is 9.49. The lowest BCUT2D eigenvalue weighted by Gasteiger charge is -2.56. The Morgan fingerprint density at radius 3 is 2.08 bits per heavy atom. The Balaban J connectivity index is 1.27. The molecule has 4 nitrogen and oxygen atoms in total. The van der Waals surface area contributed by atoms with Crippen molar-refractivity contribution in [1.29, 1.82) is 0 Å². The van der Waals surface area contributed by atoms with Crippen LogP contribution in [-0.4, -0.2) is 18.4 Å². The minimum Gasteiger partial charge on any atom is -0.347 e. The predicted molar refractivity (Wildman–Crippen MR) is 93.3 cm³/mol. The van der Waals surface area contributed by atoms with E-state index < -0.39 is 0 Å². The molecule has 1 aromatic carbocycles. The molecular formula is C20H26N2O2. The van der Waals surface area contributed by atoms with Crippen molar-refractivity contribution in [3.8, 4) is 0 Å². The van der Waals surface area contributed by atoms with Gasteiger partial charge in [0.2, 0.25) is 11.8 Å². The second-order valence-corrected chi connectivity index (χ2v) is 8.29. The summed E-state index contributed by atoms with van der Waals surface area (Å²) in [6, 6.07) is 9.34. The van der Waals surface area contributed by atoms with Gasteiger partial charge in [-0.25, -0.2) is 0 Å². The number of carbonyl (C=O) groups excluding carboxylic acids is 2. The van der Waals surface area contributed by atoms with Crippen molar-refractivity contribution >= 4 is 17.5 Å². The van der Waals surface area contributed by atoms with Crippen molar-refractivity contribution < 1.29 is 9.59 Å². The average Bonchev–Trinajstić information content (AvgIpc) is 2.52. The van der Waals surface area contributed by atoms with E-state index >= 15 is 0 Å². The Bertz CT molecular complexity index is 591. The highest BCUT2D eigenvalue weighted by Crippen LogP contribution is 2.61. The number of amides is 2. The van der Waals surface area contributed by atoms with Crippen molar-refractivity contribution in [3.05, 3.63) is 30.3 Å². The first-order valence-electron chi connectivity index (χ1n) is 9.22. The van der Waals surface area contributed by atoms with Gasteiger partial charge in [0.15, 0.2) is 0 Å². The van der Waals surface area contributed by atoms with Crippen LogP contribution in [0.4, 0.5) is 5.69 Å². The van der Waals surface area contributed by atoms with Crippen LogP contribution >= 0.6 is 0 Å². The third-order valence-electron chi connectivity index (χ3n) is 6.20. The fourth-order valence-electron chi connectivity index (χ4n) is 5.82. The Morgan fingerprint density at radius 2 is 1.50 bits per heavy atom. The second-order valence-electron chi connectivity index (χ2n) is 8.29. The first kappa shape index (κ1) is 15.7. The monoisotopic (exact) mass is 326 g/mol. The Labute approximate surface area is 143 Å². The summed E-state index contributed by atoms with van der Waals surface area (Å²) in [5.41, 5.74) is 0.993. The molecule has 5 rings (SSSR count). The third kappa shape index (κ3) is 3.33. The van der Waals surface area contributed by atoms with E-state index in [9.17, 15) is 9.59 Å². The molecule has 4 aliphatic carbocycles. The Morgan fingerprint density at radius 1 is 0.917 bits per heavy atom. The maximum absolute atomic E-state index is 12.4. The van der Waals surface area contributed by atoms with E-state index in [-0.39, 0.29) is 23.8 Å². The highest BCUT2D eigenvalue weighted by atomic mass is 16.2. The summed E-state index contributed by atoms with van der Waals surface area (Å²) in [5, 5.41) is 5.63. The summed E-state index contributed by atoms with van der Waals surface area (Å²) in [6.07, 6.45) is 8.45. The summed E-state index contributed by atoms with van der Waals surface area (Å²) >= 11 is 0. The molecular weight excluding hydrogens is 300 g/mol. The summed E-state index contributed by atoms with van der Waals surface area (Å²) in [5.74, 6) is 2.43. The summed E-state index contributed by atoms with van der Waals surface area (Å²) in [4.78, 5) is 24.3. The van der Waals surface area contributed by atoms with E-state index in [1.165, 1.54) is 38.5 Å². The second kappa shape index (κ2) is 6.23. The first-order valence-corrected chi connectivity index (χ1v) is 9.22. The Kier molecular flexibility index (Phi) is 4.07. The molecule has 2 N–H and O–H groups in total. The van der Waals surface area contributed by atoms with Crippen LogP contribution in [0, 0.1) is 23.2 Å². The number of hydrogen-bond acceptors (Lipinski definition) is 2. The molecule has 0 heterocycles. The van der Waals surface area contributed by atoms with Gasteiger partial charge in [0.05, 0.1) is 6.54 Å². The van der Waals surface area contributed by atoms with Gasteiger partial charge in [-0.05, 0) is 73.8 Å². The van der Waals surface area contributed by atoms with Gasteiger partial charge in [-0.2, -0.15) is 0 Å². The molecule has 4 aliphatic rings. The minimum atomic E-state index is -0.167. The number of nitrogens with one attached hydrogen (secondary N) is 2. The van der Waals surface area contributed by atoms with Crippen LogP contribution in [0.2, 0.25) is 0 Å². The highest BCUT2D eigenvalue weighted by Gasteiger charge is 2.51. The van der Waals surface area contributed by atoms with E-state index in [0.29, 0.717) is 6.42 Å². The molecule has 0 aromatic heterocycles. The van der Waals surface area contributed by atoms with E-state index in [4.69, 9.17) is 0 Å². The molecule has 24 heavy (non-hydrogen) atoms. The SMILES string of the molecule is O=C(CC12CC3CC(CC(C3)C1)C2)NCC(=O)Nc1ccccc1. The van der Waals surface area contributed by atoms with Gasteiger partial charge in [0.25, 0.3) is 0 Å². The zero-order valence-electron chi connectivity index (χ0n) is 14.1. The van der Waals surface area contributed by atoms with Crippen molar-refractivity contribution in [3.63, 3.8) is 0 Å². The van der Waals surface area contributed by atoms with Gasteiger partial charge in [0.1, 0.15) is 0 Å². The maximum Gasteiger partial charge on any atom is 0.243 e. The lowest BCUT2D eigenvalue weighted by Crippen LogP contribution is -2.48. The first-order chi connectivity index (χ1) is 11.6. The standard InChI is InChI=1S/C20H26N2O2/c23-18(21-13-19(24)22-17-4-2-1-3-5-17)12-20-9-14-6-15(10-20)8-16(7-14)11-20/h1-5,14-16H,6-13H2,(H,21,23)(H,22,24). The molecule has 2 amide bonds. The van der Waals surface area contributed by atoms with Crippen LogP contribution < -0.4 is 10.6 Å². The van der Waals surface area contributed by atoms with Crippen LogP contribution in [0.3, 0.4) is 0 Å². The van der Waals surface area contributed by atoms with Crippen molar-refractivity contribution in [2.75, 3.05) is 11.9 Å². The van der Waals surface area contributed by atoms with Gasteiger partial charge in [-0.3, -0.25) is 9.59 Å². The number of carbonyl (C=O) groups is 2. The van der Waals surface area contributed by atoms with Gasteiger partial charge >= 0.3 is 0 Å². The Hall–Kier alpha value is -1.84. The van der Waals surface area contributed by atoms with E-state index in [1.54, 1.807) is 0 Å². The molecule has 128 valence electrons. The van der Waals surface area contributed by atoms with Gasteiger partial charge in [0, 0.05) is 12.1 Å². The largest absolute Gasteiger partial charge is 0.347 e. The number of hydrogen-bond donors (Lipinski definition) is 2. The highest BCUT2D eigenvalue weighted by molar-refractivity contribution is 5.94. The summed E-state index contributed by atoms with van der Waals surface area (Å²) in [7, 11) is 0. The number of para-hydroxylation sites is 1. The van der Waals surface area contributed by atoms with E-state index in [2.05, 4.69) is 10.6 Å². The van der Waals surface area contributed by atoms with Crippen molar-refractivity contribution in [2.45, 2.75) is 44.9 Å². The van der Waals surface area contributed by atoms with E-state index in [0.717, 1.165) is 23.4 Å². The molecule has 0 radical (unpaired) electrons. The van der Waals surface area contributed by atoms with Gasteiger partial charge in [-0.15, -0.1) is 0 Å². The fourth-order valence-corrected chi connectivity index (χ4v) is 5.82. The smallest absolute Gasteiger partial charge is 0.243 e. The molecule has 0 aliphatic heterocycles. The number of rotatable bonds is 5. The van der Waals surface area contributed by atoms with Crippen LogP contribution in [0.5, 0.6) is 0 Å². The summed E-state index contributed by atoms with van der Waals surface area (Å²) < 4.78 is 0. The molecule has 1 aromatic rings. The van der Waals surface area contributed by atoms with Crippen LogP contribution in [-0.2, 0) is 9.59 Å². The molecule has 0 spiro atoms. The molecule has 4 fully saturated rings. The molecule has 0 atom stereocenters. The van der Waals surface area contributed by atoms with Gasteiger partial charge < -0.3 is 10.6 Å². The van der Waals surface area contributed by atoms with Gasteiger partial charge in [-0.1, -0.05) is 18.2 Å². The quantitative estimate of drug-likeness (QED) is 0.872. The minimum absolute atomic E-state index is 0.0418. The molecule has 4 heteroatoms. The predicted octanol–water partition coefficient (Wildman–Crippen LogP) is 3.35.